The summed E-state index contributed by atoms with van der Waals surface area (Å²) in [4.78, 5) is 5.11. The third kappa shape index (κ3) is 4.35. The molecule has 0 aliphatic heterocycles. The van der Waals surface area contributed by atoms with Gasteiger partial charge in [0, 0.05) is 28.9 Å². The van der Waals surface area contributed by atoms with Gasteiger partial charge in [0.15, 0.2) is 0 Å². The zero-order valence-corrected chi connectivity index (χ0v) is 12.8. The lowest BCUT2D eigenvalue weighted by molar-refractivity contribution is 0.0918. The molecular weight excluding hydrogens is 244 g/mol. The smallest absolute Gasteiger partial charge is 0.0593 e. The Kier molecular flexibility index (Phi) is 6.86. The summed E-state index contributed by atoms with van der Waals surface area (Å²) >= 11 is 1.84. The van der Waals surface area contributed by atoms with Gasteiger partial charge >= 0.3 is 0 Å². The van der Waals surface area contributed by atoms with Crippen molar-refractivity contribution in [1.82, 2.24) is 4.90 Å². The molecule has 18 heavy (non-hydrogen) atoms. The molecule has 0 aromatic carbocycles. The summed E-state index contributed by atoms with van der Waals surface area (Å²) in [6, 6.07) is 4.81. The number of ether oxygens (including phenoxy) is 1. The van der Waals surface area contributed by atoms with Gasteiger partial charge < -0.3 is 10.5 Å². The SMILES string of the molecule is CCOCCN(CC)C(c1ccc(C)s1)C(C)N. The number of likely N-dealkylation sites (N-methyl/N-ethyl adjacent to an activating group) is 1. The van der Waals surface area contributed by atoms with Crippen LogP contribution in [-0.2, 0) is 4.74 Å². The minimum Gasteiger partial charge on any atom is -0.380 e. The molecule has 0 aliphatic carbocycles. The van der Waals surface area contributed by atoms with E-state index in [0.717, 1.165) is 26.3 Å². The Bertz CT molecular complexity index is 338. The van der Waals surface area contributed by atoms with E-state index >= 15 is 0 Å². The van der Waals surface area contributed by atoms with Crippen molar-refractivity contribution in [2.75, 3.05) is 26.3 Å². The first-order valence-corrected chi connectivity index (χ1v) is 7.55. The zero-order valence-electron chi connectivity index (χ0n) is 12.0. The summed E-state index contributed by atoms with van der Waals surface area (Å²) < 4.78 is 5.46. The first-order chi connectivity index (χ1) is 8.60. The summed E-state index contributed by atoms with van der Waals surface area (Å²) in [5, 5.41) is 0. The van der Waals surface area contributed by atoms with Gasteiger partial charge in [-0.1, -0.05) is 6.92 Å². The highest BCUT2D eigenvalue weighted by molar-refractivity contribution is 7.12. The summed E-state index contributed by atoms with van der Waals surface area (Å²) in [6.07, 6.45) is 0. The summed E-state index contributed by atoms with van der Waals surface area (Å²) in [6.45, 7) is 11.9. The highest BCUT2D eigenvalue weighted by Crippen LogP contribution is 2.29. The zero-order chi connectivity index (χ0) is 13.5. The Balaban J connectivity index is 2.75. The van der Waals surface area contributed by atoms with E-state index in [1.54, 1.807) is 0 Å². The van der Waals surface area contributed by atoms with Crippen LogP contribution in [0.2, 0.25) is 0 Å². The van der Waals surface area contributed by atoms with Crippen LogP contribution in [0.25, 0.3) is 0 Å². The summed E-state index contributed by atoms with van der Waals surface area (Å²) in [7, 11) is 0. The van der Waals surface area contributed by atoms with Gasteiger partial charge in [-0.3, -0.25) is 4.90 Å². The lowest BCUT2D eigenvalue weighted by Gasteiger charge is -2.32. The quantitative estimate of drug-likeness (QED) is 0.738. The molecule has 0 bridgehead atoms. The molecule has 0 spiro atoms. The highest BCUT2D eigenvalue weighted by atomic mass is 32.1. The van der Waals surface area contributed by atoms with Crippen LogP contribution in [0.15, 0.2) is 12.1 Å². The molecule has 1 aromatic rings. The summed E-state index contributed by atoms with van der Waals surface area (Å²) in [5.74, 6) is 0. The van der Waals surface area contributed by atoms with Crippen LogP contribution in [0.1, 0.15) is 36.6 Å². The number of hydrogen-bond acceptors (Lipinski definition) is 4. The molecule has 1 heterocycles. The number of nitrogens with zero attached hydrogens (tertiary/aromatic N) is 1. The Morgan fingerprint density at radius 1 is 1.39 bits per heavy atom. The van der Waals surface area contributed by atoms with Crippen molar-refractivity contribution < 1.29 is 4.74 Å². The van der Waals surface area contributed by atoms with E-state index in [4.69, 9.17) is 10.5 Å². The molecule has 3 nitrogen and oxygen atoms in total. The molecule has 0 amide bonds. The summed E-state index contributed by atoms with van der Waals surface area (Å²) in [5.41, 5.74) is 6.18. The molecule has 2 N–H and O–H groups in total. The van der Waals surface area contributed by atoms with Gasteiger partial charge in [-0.05, 0) is 39.4 Å². The fourth-order valence-electron chi connectivity index (χ4n) is 2.20. The number of thiophene rings is 1. The molecule has 104 valence electrons. The van der Waals surface area contributed by atoms with Crippen molar-refractivity contribution in [3.05, 3.63) is 21.9 Å². The van der Waals surface area contributed by atoms with Gasteiger partial charge in [-0.25, -0.2) is 0 Å². The highest BCUT2D eigenvalue weighted by Gasteiger charge is 2.24. The molecule has 0 aliphatic rings. The maximum Gasteiger partial charge on any atom is 0.0593 e. The predicted octanol–water partition coefficient (Wildman–Crippen LogP) is 2.80. The molecule has 2 unspecified atom stereocenters. The molecule has 1 aromatic heterocycles. The van der Waals surface area contributed by atoms with Gasteiger partial charge in [-0.2, -0.15) is 0 Å². The van der Waals surface area contributed by atoms with Crippen LogP contribution in [-0.4, -0.2) is 37.2 Å². The standard InChI is InChI=1S/C14H26N2OS/c1-5-16(9-10-17-6-2)14(12(4)15)13-8-7-11(3)18-13/h7-8,12,14H,5-6,9-10,15H2,1-4H3. The molecule has 0 saturated carbocycles. The van der Waals surface area contributed by atoms with Gasteiger partial charge in [-0.15, -0.1) is 11.3 Å². The fourth-order valence-corrected chi connectivity index (χ4v) is 3.33. The van der Waals surface area contributed by atoms with E-state index in [2.05, 4.69) is 37.8 Å². The second-order valence-corrected chi connectivity index (χ2v) is 5.90. The van der Waals surface area contributed by atoms with Crippen molar-refractivity contribution in [2.45, 2.75) is 39.8 Å². The van der Waals surface area contributed by atoms with E-state index in [1.807, 2.05) is 18.3 Å². The third-order valence-corrected chi connectivity index (χ3v) is 4.15. The van der Waals surface area contributed by atoms with E-state index in [-0.39, 0.29) is 6.04 Å². The predicted molar refractivity (Wildman–Crippen MR) is 79.2 cm³/mol. The lowest BCUT2D eigenvalue weighted by Crippen LogP contribution is -2.40. The largest absolute Gasteiger partial charge is 0.380 e. The van der Waals surface area contributed by atoms with Crippen molar-refractivity contribution in [3.8, 4) is 0 Å². The molecule has 2 atom stereocenters. The Hall–Kier alpha value is -0.420. The maximum atomic E-state index is 6.18. The lowest BCUT2D eigenvalue weighted by atomic mass is 10.1. The second kappa shape index (κ2) is 7.89. The van der Waals surface area contributed by atoms with Crippen LogP contribution in [0.3, 0.4) is 0 Å². The van der Waals surface area contributed by atoms with Crippen LogP contribution < -0.4 is 5.73 Å². The maximum absolute atomic E-state index is 6.18. The van der Waals surface area contributed by atoms with Crippen LogP contribution in [0, 0.1) is 6.92 Å². The van der Waals surface area contributed by atoms with E-state index in [9.17, 15) is 0 Å². The Morgan fingerprint density at radius 2 is 2.11 bits per heavy atom. The Morgan fingerprint density at radius 3 is 2.56 bits per heavy atom. The van der Waals surface area contributed by atoms with Gasteiger partial charge in [0.25, 0.3) is 0 Å². The minimum atomic E-state index is 0.129. The average molecular weight is 270 g/mol. The van der Waals surface area contributed by atoms with Crippen molar-refractivity contribution in [3.63, 3.8) is 0 Å². The first kappa shape index (κ1) is 15.6. The van der Waals surface area contributed by atoms with Gasteiger partial charge in [0.2, 0.25) is 0 Å². The molecule has 4 heteroatoms. The minimum absolute atomic E-state index is 0.129. The van der Waals surface area contributed by atoms with Crippen LogP contribution in [0.4, 0.5) is 0 Å². The average Bonchev–Trinajstić information content (AvgIpc) is 2.74. The molecule has 0 fully saturated rings. The van der Waals surface area contributed by atoms with Gasteiger partial charge in [0.05, 0.1) is 12.6 Å². The fraction of sp³-hybridized carbons (Fsp3) is 0.714. The number of nitrogens with two attached hydrogens (primary N) is 1. The van der Waals surface area contributed by atoms with Crippen molar-refractivity contribution >= 4 is 11.3 Å². The Labute approximate surface area is 115 Å². The van der Waals surface area contributed by atoms with Crippen molar-refractivity contribution in [2.24, 2.45) is 5.73 Å². The monoisotopic (exact) mass is 270 g/mol. The number of hydrogen-bond donors (Lipinski definition) is 1. The van der Waals surface area contributed by atoms with Crippen LogP contribution in [0.5, 0.6) is 0 Å². The molecule has 1 rings (SSSR count). The van der Waals surface area contributed by atoms with Crippen LogP contribution >= 0.6 is 11.3 Å². The first-order valence-electron chi connectivity index (χ1n) is 6.73. The topological polar surface area (TPSA) is 38.5 Å². The molecule has 0 radical (unpaired) electrons. The van der Waals surface area contributed by atoms with E-state index in [0.29, 0.717) is 6.04 Å². The number of aryl methyl sites for hydroxylation is 1. The molecular formula is C14H26N2OS. The molecule has 0 saturated heterocycles. The van der Waals surface area contributed by atoms with Gasteiger partial charge in [0.1, 0.15) is 0 Å². The number of rotatable bonds is 8. The second-order valence-electron chi connectivity index (χ2n) is 4.58. The normalized spacial score (nSPS) is 15.0. The van der Waals surface area contributed by atoms with E-state index in [1.165, 1.54) is 9.75 Å². The van der Waals surface area contributed by atoms with E-state index < -0.39 is 0 Å². The van der Waals surface area contributed by atoms with Crippen molar-refractivity contribution in [1.29, 1.82) is 0 Å². The third-order valence-electron chi connectivity index (χ3n) is 3.08.